The number of aromatic nitrogens is 1. The minimum atomic E-state index is -0.247. The van der Waals surface area contributed by atoms with Gasteiger partial charge in [-0.25, -0.2) is 4.39 Å². The molecule has 0 aliphatic rings. The molecule has 5 heteroatoms. The van der Waals surface area contributed by atoms with Gasteiger partial charge in [-0.2, -0.15) is 0 Å². The Balaban J connectivity index is 2.29. The fourth-order valence-electron chi connectivity index (χ4n) is 2.12. The van der Waals surface area contributed by atoms with E-state index in [0.29, 0.717) is 17.0 Å². The van der Waals surface area contributed by atoms with Crippen molar-refractivity contribution in [2.45, 2.75) is 19.4 Å². The summed E-state index contributed by atoms with van der Waals surface area (Å²) in [7, 11) is 0. The van der Waals surface area contributed by atoms with Gasteiger partial charge in [0.15, 0.2) is 0 Å². The number of likely N-dealkylation sites (N-methyl/N-ethyl adjacent to an activating group) is 1. The van der Waals surface area contributed by atoms with Crippen molar-refractivity contribution in [1.82, 2.24) is 10.3 Å². The number of benzene rings is 1. The first-order chi connectivity index (χ1) is 9.60. The van der Waals surface area contributed by atoms with E-state index < -0.39 is 0 Å². The van der Waals surface area contributed by atoms with Crippen LogP contribution in [0.5, 0.6) is 0 Å². The van der Waals surface area contributed by atoms with Crippen LogP contribution in [0.25, 0.3) is 0 Å². The van der Waals surface area contributed by atoms with Gasteiger partial charge >= 0.3 is 0 Å². The topological polar surface area (TPSA) is 24.9 Å². The van der Waals surface area contributed by atoms with Crippen molar-refractivity contribution in [1.29, 1.82) is 0 Å². The van der Waals surface area contributed by atoms with E-state index in [1.165, 1.54) is 6.07 Å². The van der Waals surface area contributed by atoms with Gasteiger partial charge in [-0.05, 0) is 58.7 Å². The van der Waals surface area contributed by atoms with E-state index in [9.17, 15) is 4.39 Å². The van der Waals surface area contributed by atoms with Gasteiger partial charge in [0.2, 0.25) is 0 Å². The highest BCUT2D eigenvalue weighted by atomic mass is 79.9. The van der Waals surface area contributed by atoms with Crippen molar-refractivity contribution < 1.29 is 4.39 Å². The van der Waals surface area contributed by atoms with Gasteiger partial charge in [-0.1, -0.05) is 18.5 Å². The summed E-state index contributed by atoms with van der Waals surface area (Å²) in [6.07, 6.45) is 4.17. The van der Waals surface area contributed by atoms with Crippen molar-refractivity contribution in [3.8, 4) is 0 Å². The summed E-state index contributed by atoms with van der Waals surface area (Å²) in [6, 6.07) is 6.50. The molecule has 106 valence electrons. The summed E-state index contributed by atoms with van der Waals surface area (Å²) in [5.41, 5.74) is 1.61. The molecule has 1 aromatic heterocycles. The second kappa shape index (κ2) is 7.16. The van der Waals surface area contributed by atoms with Crippen molar-refractivity contribution in [3.05, 3.63) is 63.1 Å². The number of nitrogens with one attached hydrogen (secondary N) is 1. The maximum Gasteiger partial charge on any atom is 0.128 e. The fourth-order valence-corrected chi connectivity index (χ4v) is 2.72. The molecule has 20 heavy (non-hydrogen) atoms. The first-order valence-corrected chi connectivity index (χ1v) is 7.55. The molecule has 0 bridgehead atoms. The lowest BCUT2D eigenvalue weighted by Gasteiger charge is -2.19. The molecular formula is C15H15BrClFN2. The molecule has 0 saturated heterocycles. The molecule has 1 N–H and O–H groups in total. The van der Waals surface area contributed by atoms with Crippen LogP contribution in [0.15, 0.2) is 41.1 Å². The van der Waals surface area contributed by atoms with Crippen molar-refractivity contribution in [2.24, 2.45) is 0 Å². The third-order valence-corrected chi connectivity index (χ3v) is 3.65. The SMILES string of the molecule is CCNC(Cc1cncc(Br)c1)c1cc(Cl)ccc1F. The van der Waals surface area contributed by atoms with Crippen LogP contribution in [-0.4, -0.2) is 11.5 Å². The number of hydrogen-bond donors (Lipinski definition) is 1. The Morgan fingerprint density at radius 1 is 1.35 bits per heavy atom. The van der Waals surface area contributed by atoms with E-state index in [1.54, 1.807) is 24.5 Å². The molecule has 0 saturated carbocycles. The fraction of sp³-hybridized carbons (Fsp3) is 0.267. The van der Waals surface area contributed by atoms with Gasteiger partial charge in [-0.3, -0.25) is 4.98 Å². The average molecular weight is 358 g/mol. The van der Waals surface area contributed by atoms with Crippen molar-refractivity contribution >= 4 is 27.5 Å². The van der Waals surface area contributed by atoms with E-state index >= 15 is 0 Å². The summed E-state index contributed by atoms with van der Waals surface area (Å²) in [4.78, 5) is 4.14. The van der Waals surface area contributed by atoms with Crippen molar-refractivity contribution in [2.75, 3.05) is 6.54 Å². The first-order valence-electron chi connectivity index (χ1n) is 6.38. The van der Waals surface area contributed by atoms with E-state index in [2.05, 4.69) is 26.2 Å². The summed E-state index contributed by atoms with van der Waals surface area (Å²) in [5, 5.41) is 3.83. The highest BCUT2D eigenvalue weighted by Gasteiger charge is 2.16. The molecular weight excluding hydrogens is 343 g/mol. The van der Waals surface area contributed by atoms with Gasteiger partial charge in [0.1, 0.15) is 5.82 Å². The largest absolute Gasteiger partial charge is 0.310 e. The van der Waals surface area contributed by atoms with Gasteiger partial charge in [-0.15, -0.1) is 0 Å². The molecule has 0 aliphatic heterocycles. The predicted molar refractivity (Wildman–Crippen MR) is 83.5 cm³/mol. The molecule has 2 aromatic rings. The minimum Gasteiger partial charge on any atom is -0.310 e. The van der Waals surface area contributed by atoms with Crippen LogP contribution in [0.1, 0.15) is 24.1 Å². The van der Waals surface area contributed by atoms with Gasteiger partial charge < -0.3 is 5.32 Å². The third kappa shape index (κ3) is 4.01. The zero-order valence-corrected chi connectivity index (χ0v) is 13.4. The summed E-state index contributed by atoms with van der Waals surface area (Å²) >= 11 is 9.37. The van der Waals surface area contributed by atoms with Gasteiger partial charge in [0, 0.05) is 33.5 Å². The van der Waals surface area contributed by atoms with E-state index in [4.69, 9.17) is 11.6 Å². The summed E-state index contributed by atoms with van der Waals surface area (Å²) < 4.78 is 14.9. The van der Waals surface area contributed by atoms with Crippen LogP contribution >= 0.6 is 27.5 Å². The Labute approximate surface area is 131 Å². The Kier molecular flexibility index (Phi) is 5.52. The quantitative estimate of drug-likeness (QED) is 0.850. The Morgan fingerprint density at radius 3 is 2.85 bits per heavy atom. The number of pyridine rings is 1. The second-order valence-electron chi connectivity index (χ2n) is 4.49. The maximum atomic E-state index is 14.0. The minimum absolute atomic E-state index is 0.130. The molecule has 0 aliphatic carbocycles. The van der Waals surface area contributed by atoms with Crippen LogP contribution in [-0.2, 0) is 6.42 Å². The molecule has 1 aromatic carbocycles. The highest BCUT2D eigenvalue weighted by molar-refractivity contribution is 9.10. The maximum absolute atomic E-state index is 14.0. The lowest BCUT2D eigenvalue weighted by molar-refractivity contribution is 0.509. The zero-order valence-electron chi connectivity index (χ0n) is 11.0. The third-order valence-electron chi connectivity index (χ3n) is 2.99. The molecule has 1 atom stereocenters. The molecule has 0 spiro atoms. The lowest BCUT2D eigenvalue weighted by atomic mass is 9.99. The van der Waals surface area contributed by atoms with E-state index in [1.807, 2.05) is 13.0 Å². The number of halogens is 3. The molecule has 0 fully saturated rings. The summed E-state index contributed by atoms with van der Waals surface area (Å²) in [5.74, 6) is -0.247. The molecule has 0 amide bonds. The number of nitrogens with zero attached hydrogens (tertiary/aromatic N) is 1. The number of hydrogen-bond acceptors (Lipinski definition) is 2. The molecule has 2 nitrogen and oxygen atoms in total. The smallest absolute Gasteiger partial charge is 0.128 e. The monoisotopic (exact) mass is 356 g/mol. The molecule has 0 radical (unpaired) electrons. The summed E-state index contributed by atoms with van der Waals surface area (Å²) in [6.45, 7) is 2.74. The van der Waals surface area contributed by atoms with Crippen molar-refractivity contribution in [3.63, 3.8) is 0 Å². The van der Waals surface area contributed by atoms with Crippen LogP contribution in [0.4, 0.5) is 4.39 Å². The second-order valence-corrected chi connectivity index (χ2v) is 5.84. The Hall–Kier alpha value is -0.970. The predicted octanol–water partition coefficient (Wildman–Crippen LogP) is 4.53. The molecule has 2 rings (SSSR count). The van der Waals surface area contributed by atoms with Crippen LogP contribution < -0.4 is 5.32 Å². The van der Waals surface area contributed by atoms with Gasteiger partial charge in [0.05, 0.1) is 0 Å². The van der Waals surface area contributed by atoms with Crippen LogP contribution in [0, 0.1) is 5.82 Å². The lowest BCUT2D eigenvalue weighted by Crippen LogP contribution is -2.24. The highest BCUT2D eigenvalue weighted by Crippen LogP contribution is 2.25. The Morgan fingerprint density at radius 2 is 2.15 bits per heavy atom. The van der Waals surface area contributed by atoms with Crippen LogP contribution in [0.2, 0.25) is 5.02 Å². The number of rotatable bonds is 5. The standard InChI is InChI=1S/C15H15BrClFN2/c1-2-20-15(6-10-5-11(16)9-19-8-10)13-7-12(17)3-4-14(13)18/h3-5,7-9,15,20H,2,6H2,1H3. The Bertz CT molecular complexity index is 592. The normalized spacial score (nSPS) is 12.4. The molecule has 1 heterocycles. The van der Waals surface area contributed by atoms with E-state index in [0.717, 1.165) is 16.6 Å². The molecule has 1 unspecified atom stereocenters. The van der Waals surface area contributed by atoms with Crippen LogP contribution in [0.3, 0.4) is 0 Å². The zero-order chi connectivity index (χ0) is 14.5. The first kappa shape index (κ1) is 15.4. The van der Waals surface area contributed by atoms with Gasteiger partial charge in [0.25, 0.3) is 0 Å². The average Bonchev–Trinajstić information content (AvgIpc) is 2.41. The van der Waals surface area contributed by atoms with E-state index in [-0.39, 0.29) is 11.9 Å².